The fourth-order valence-electron chi connectivity index (χ4n) is 1.86. The highest BCUT2D eigenvalue weighted by atomic mass is 16.2. The van der Waals surface area contributed by atoms with Crippen molar-refractivity contribution in [3.63, 3.8) is 0 Å². The summed E-state index contributed by atoms with van der Waals surface area (Å²) in [6, 6.07) is 8.57. The van der Waals surface area contributed by atoms with Crippen molar-refractivity contribution < 1.29 is 9.59 Å². The highest BCUT2D eigenvalue weighted by Crippen LogP contribution is 2.03. The highest BCUT2D eigenvalue weighted by molar-refractivity contribution is 5.98. The number of aromatic nitrogens is 2. The summed E-state index contributed by atoms with van der Waals surface area (Å²) in [5, 5.41) is 5.55. The smallest absolute Gasteiger partial charge is 0.269 e. The van der Waals surface area contributed by atoms with Gasteiger partial charge < -0.3 is 10.6 Å². The lowest BCUT2D eigenvalue weighted by atomic mass is 10.2. The molecule has 0 radical (unpaired) electrons. The van der Waals surface area contributed by atoms with Gasteiger partial charge in [-0.25, -0.2) is 0 Å². The Labute approximate surface area is 135 Å². The van der Waals surface area contributed by atoms with Crippen LogP contribution >= 0.6 is 0 Å². The molecular weight excluding hydrogens is 292 g/mol. The average Bonchev–Trinajstić information content (AvgIpc) is 2.58. The summed E-state index contributed by atoms with van der Waals surface area (Å²) >= 11 is 0. The number of pyridine rings is 2. The Morgan fingerprint density at radius 3 is 2.57 bits per heavy atom. The van der Waals surface area contributed by atoms with Crippen molar-refractivity contribution in [2.75, 3.05) is 6.54 Å². The first-order chi connectivity index (χ1) is 11.1. The summed E-state index contributed by atoms with van der Waals surface area (Å²) < 4.78 is 0. The Morgan fingerprint density at radius 1 is 1.04 bits per heavy atom. The molecule has 2 aromatic heterocycles. The normalized spacial score (nSPS) is 10.4. The van der Waals surface area contributed by atoms with Gasteiger partial charge in [0.2, 0.25) is 0 Å². The molecule has 2 N–H and O–H groups in total. The molecule has 0 saturated heterocycles. The monoisotopic (exact) mass is 312 g/mol. The number of nitrogens with one attached hydrogen (secondary N) is 2. The summed E-state index contributed by atoms with van der Waals surface area (Å²) in [7, 11) is 0. The molecule has 2 amide bonds. The minimum Gasteiger partial charge on any atom is -0.350 e. The first kappa shape index (κ1) is 16.6. The van der Waals surface area contributed by atoms with E-state index in [1.165, 1.54) is 12.3 Å². The lowest BCUT2D eigenvalue weighted by Gasteiger charge is -2.08. The Bertz CT molecular complexity index is 671. The molecule has 0 atom stereocenters. The second kappa shape index (κ2) is 8.03. The van der Waals surface area contributed by atoms with Gasteiger partial charge in [-0.05, 0) is 30.2 Å². The van der Waals surface area contributed by atoms with E-state index in [-0.39, 0.29) is 17.5 Å². The van der Waals surface area contributed by atoms with E-state index >= 15 is 0 Å². The second-order valence-corrected chi connectivity index (χ2v) is 5.54. The maximum absolute atomic E-state index is 12.2. The van der Waals surface area contributed by atoms with Crippen LogP contribution in [0.15, 0.2) is 42.7 Å². The quantitative estimate of drug-likeness (QED) is 0.852. The van der Waals surface area contributed by atoms with Gasteiger partial charge in [-0.1, -0.05) is 19.9 Å². The molecule has 0 bridgehead atoms. The van der Waals surface area contributed by atoms with Gasteiger partial charge in [-0.3, -0.25) is 19.6 Å². The fraction of sp³-hybridized carbons (Fsp3) is 0.294. The van der Waals surface area contributed by atoms with Gasteiger partial charge in [-0.15, -0.1) is 0 Å². The summed E-state index contributed by atoms with van der Waals surface area (Å²) in [6.07, 6.45) is 3.13. The van der Waals surface area contributed by atoms with Crippen LogP contribution in [-0.2, 0) is 6.54 Å². The van der Waals surface area contributed by atoms with Crippen LogP contribution in [-0.4, -0.2) is 28.3 Å². The standard InChI is InChI=1S/C17H20N4O2/c1-12(2)10-20-17(23)15-9-13(6-8-19-15)16(22)21-11-14-5-3-4-7-18-14/h3-9,12H,10-11H2,1-2H3,(H,20,23)(H,21,22). The molecule has 0 aromatic carbocycles. The van der Waals surface area contributed by atoms with Crippen LogP contribution in [0.3, 0.4) is 0 Å². The van der Waals surface area contributed by atoms with Gasteiger partial charge in [-0.2, -0.15) is 0 Å². The molecule has 6 nitrogen and oxygen atoms in total. The molecule has 0 aliphatic heterocycles. The SMILES string of the molecule is CC(C)CNC(=O)c1cc(C(=O)NCc2ccccn2)ccn1. The first-order valence-electron chi connectivity index (χ1n) is 7.48. The molecule has 2 heterocycles. The Balaban J connectivity index is 1.98. The Kier molecular flexibility index (Phi) is 5.80. The molecule has 2 aromatic rings. The molecule has 0 aliphatic rings. The van der Waals surface area contributed by atoms with Crippen molar-refractivity contribution in [2.24, 2.45) is 5.92 Å². The average molecular weight is 312 g/mol. The highest BCUT2D eigenvalue weighted by Gasteiger charge is 2.12. The molecule has 0 fully saturated rings. The van der Waals surface area contributed by atoms with Crippen LogP contribution in [0.5, 0.6) is 0 Å². The van der Waals surface area contributed by atoms with E-state index in [0.717, 1.165) is 5.69 Å². The van der Waals surface area contributed by atoms with Gasteiger partial charge in [0, 0.05) is 24.5 Å². The topological polar surface area (TPSA) is 84.0 Å². The van der Waals surface area contributed by atoms with E-state index in [2.05, 4.69) is 20.6 Å². The number of hydrogen-bond acceptors (Lipinski definition) is 4. The van der Waals surface area contributed by atoms with Gasteiger partial charge in [0.1, 0.15) is 5.69 Å². The zero-order valence-corrected chi connectivity index (χ0v) is 13.2. The Morgan fingerprint density at radius 2 is 1.87 bits per heavy atom. The first-order valence-corrected chi connectivity index (χ1v) is 7.48. The number of rotatable bonds is 6. The van der Waals surface area contributed by atoms with Crippen LogP contribution in [0.1, 0.15) is 40.4 Å². The van der Waals surface area contributed by atoms with Crippen molar-refractivity contribution in [1.82, 2.24) is 20.6 Å². The van der Waals surface area contributed by atoms with Crippen molar-refractivity contribution in [1.29, 1.82) is 0 Å². The predicted octanol–water partition coefficient (Wildman–Crippen LogP) is 1.79. The van der Waals surface area contributed by atoms with Crippen LogP contribution < -0.4 is 10.6 Å². The minimum absolute atomic E-state index is 0.233. The van der Waals surface area contributed by atoms with Gasteiger partial charge >= 0.3 is 0 Å². The van der Waals surface area contributed by atoms with E-state index in [9.17, 15) is 9.59 Å². The summed E-state index contributed by atoms with van der Waals surface area (Å²) in [5.41, 5.74) is 1.39. The third-order valence-corrected chi connectivity index (χ3v) is 3.08. The van der Waals surface area contributed by atoms with E-state index in [4.69, 9.17) is 0 Å². The van der Waals surface area contributed by atoms with Crippen molar-refractivity contribution >= 4 is 11.8 Å². The summed E-state index contributed by atoms with van der Waals surface area (Å²) in [4.78, 5) is 32.3. The van der Waals surface area contributed by atoms with E-state index in [1.807, 2.05) is 32.0 Å². The maximum atomic E-state index is 12.2. The van der Waals surface area contributed by atoms with Gasteiger partial charge in [0.25, 0.3) is 11.8 Å². The summed E-state index contributed by atoms with van der Waals surface area (Å²) in [6.45, 7) is 4.91. The number of amides is 2. The van der Waals surface area contributed by atoms with E-state index < -0.39 is 0 Å². The van der Waals surface area contributed by atoms with Crippen molar-refractivity contribution in [3.8, 4) is 0 Å². The molecule has 0 unspecified atom stereocenters. The summed E-state index contributed by atoms with van der Waals surface area (Å²) in [5.74, 6) is -0.196. The van der Waals surface area contributed by atoms with Gasteiger partial charge in [0.15, 0.2) is 0 Å². The molecular formula is C17H20N4O2. The molecule has 23 heavy (non-hydrogen) atoms. The molecule has 0 saturated carbocycles. The van der Waals surface area contributed by atoms with E-state index in [0.29, 0.717) is 24.6 Å². The molecule has 120 valence electrons. The molecule has 6 heteroatoms. The van der Waals surface area contributed by atoms with Crippen LogP contribution in [0.2, 0.25) is 0 Å². The number of carbonyl (C=O) groups is 2. The number of carbonyl (C=O) groups excluding carboxylic acids is 2. The Hall–Kier alpha value is -2.76. The lowest BCUT2D eigenvalue weighted by Crippen LogP contribution is -2.29. The molecule has 0 spiro atoms. The zero-order valence-electron chi connectivity index (χ0n) is 13.2. The van der Waals surface area contributed by atoms with Gasteiger partial charge in [0.05, 0.1) is 12.2 Å². The predicted molar refractivity (Wildman–Crippen MR) is 86.8 cm³/mol. The molecule has 2 rings (SSSR count). The van der Waals surface area contributed by atoms with Crippen LogP contribution in [0.4, 0.5) is 0 Å². The van der Waals surface area contributed by atoms with Crippen molar-refractivity contribution in [2.45, 2.75) is 20.4 Å². The van der Waals surface area contributed by atoms with Crippen molar-refractivity contribution in [3.05, 3.63) is 59.7 Å². The minimum atomic E-state index is -0.280. The largest absolute Gasteiger partial charge is 0.350 e. The number of hydrogen-bond donors (Lipinski definition) is 2. The third kappa shape index (κ3) is 5.18. The number of nitrogens with zero attached hydrogens (tertiary/aromatic N) is 2. The second-order valence-electron chi connectivity index (χ2n) is 5.54. The van der Waals surface area contributed by atoms with E-state index in [1.54, 1.807) is 12.3 Å². The zero-order chi connectivity index (χ0) is 16.7. The maximum Gasteiger partial charge on any atom is 0.269 e. The lowest BCUT2D eigenvalue weighted by molar-refractivity contribution is 0.0944. The van der Waals surface area contributed by atoms with Crippen LogP contribution in [0.25, 0.3) is 0 Å². The molecule has 0 aliphatic carbocycles. The fourth-order valence-corrected chi connectivity index (χ4v) is 1.86. The third-order valence-electron chi connectivity index (χ3n) is 3.08. The van der Waals surface area contributed by atoms with Crippen LogP contribution in [0, 0.1) is 5.92 Å².